The van der Waals surface area contributed by atoms with Gasteiger partial charge in [-0.1, -0.05) is 30.3 Å². The molecule has 1 aromatic heterocycles. The van der Waals surface area contributed by atoms with E-state index in [1.54, 1.807) is 0 Å². The van der Waals surface area contributed by atoms with Crippen LogP contribution in [0.15, 0.2) is 41.8 Å². The number of thiophene rings is 1. The van der Waals surface area contributed by atoms with Crippen LogP contribution in [0.2, 0.25) is 0 Å². The summed E-state index contributed by atoms with van der Waals surface area (Å²) in [4.78, 5) is 15.9. The molecule has 1 aromatic carbocycles. The Morgan fingerprint density at radius 2 is 2.11 bits per heavy atom. The van der Waals surface area contributed by atoms with E-state index >= 15 is 0 Å². The van der Waals surface area contributed by atoms with Crippen molar-refractivity contribution in [2.75, 3.05) is 6.54 Å². The molecule has 1 aliphatic rings. The smallest absolute Gasteiger partial charge is 0.227 e. The maximum Gasteiger partial charge on any atom is 0.227 e. The van der Waals surface area contributed by atoms with Gasteiger partial charge < -0.3 is 4.90 Å². The molecule has 0 aliphatic carbocycles. The molecule has 1 unspecified atom stereocenters. The third kappa shape index (κ3) is 2.43. The second-order valence-corrected chi connectivity index (χ2v) is 5.98. The van der Waals surface area contributed by atoms with E-state index in [4.69, 9.17) is 0 Å². The van der Waals surface area contributed by atoms with Crippen LogP contribution in [0.5, 0.6) is 0 Å². The van der Waals surface area contributed by atoms with Gasteiger partial charge in [-0.15, -0.1) is 11.3 Å². The van der Waals surface area contributed by atoms with Crippen LogP contribution in [0.3, 0.4) is 0 Å². The molecule has 3 rings (SSSR count). The molecule has 2 aromatic rings. The van der Waals surface area contributed by atoms with Gasteiger partial charge in [0.25, 0.3) is 0 Å². The third-order valence-corrected chi connectivity index (χ3v) is 4.79. The van der Waals surface area contributed by atoms with Gasteiger partial charge in [0.1, 0.15) is 0 Å². The van der Waals surface area contributed by atoms with E-state index in [1.807, 2.05) is 46.6 Å². The van der Waals surface area contributed by atoms with E-state index in [9.17, 15) is 4.79 Å². The Bertz CT molecular complexity index is 575. The van der Waals surface area contributed by atoms with Crippen LogP contribution in [-0.4, -0.2) is 17.4 Å². The molecule has 2 nitrogen and oxygen atoms in total. The summed E-state index contributed by atoms with van der Waals surface area (Å²) in [6.45, 7) is 2.98. The predicted octanol–water partition coefficient (Wildman–Crippen LogP) is 3.44. The monoisotopic (exact) mass is 271 g/mol. The van der Waals surface area contributed by atoms with Gasteiger partial charge in [0.2, 0.25) is 5.91 Å². The average Bonchev–Trinajstić information content (AvgIpc) is 2.89. The van der Waals surface area contributed by atoms with Crippen LogP contribution in [0, 0.1) is 0 Å². The van der Waals surface area contributed by atoms with Crippen molar-refractivity contribution in [3.05, 3.63) is 57.8 Å². The lowest BCUT2D eigenvalue weighted by Crippen LogP contribution is -2.39. The summed E-state index contributed by atoms with van der Waals surface area (Å²) in [5.74, 6) is 0.232. The average molecular weight is 271 g/mol. The van der Waals surface area contributed by atoms with E-state index in [-0.39, 0.29) is 11.9 Å². The van der Waals surface area contributed by atoms with E-state index in [1.165, 1.54) is 10.4 Å². The standard InChI is InChI=1S/C16H17NOS/c1-12-14-8-10-19-15(14)7-9-17(12)16(18)11-13-5-3-2-4-6-13/h2-6,8,10,12H,7,9,11H2,1H3. The van der Waals surface area contributed by atoms with Crippen molar-refractivity contribution in [1.29, 1.82) is 0 Å². The molecule has 0 fully saturated rings. The molecule has 0 N–H and O–H groups in total. The molecule has 1 atom stereocenters. The lowest BCUT2D eigenvalue weighted by molar-refractivity contribution is -0.133. The Morgan fingerprint density at radius 3 is 2.89 bits per heavy atom. The van der Waals surface area contributed by atoms with Crippen molar-refractivity contribution in [2.45, 2.75) is 25.8 Å². The molecule has 0 bridgehead atoms. The van der Waals surface area contributed by atoms with Crippen LogP contribution in [0.4, 0.5) is 0 Å². The molecule has 0 radical (unpaired) electrons. The van der Waals surface area contributed by atoms with Crippen molar-refractivity contribution in [2.24, 2.45) is 0 Å². The summed E-state index contributed by atoms with van der Waals surface area (Å²) < 4.78 is 0. The first-order chi connectivity index (χ1) is 9.25. The number of fused-ring (bicyclic) bond motifs is 1. The van der Waals surface area contributed by atoms with Gasteiger partial charge in [0.05, 0.1) is 12.5 Å². The number of nitrogens with zero attached hydrogens (tertiary/aromatic N) is 1. The van der Waals surface area contributed by atoms with Crippen molar-refractivity contribution in [3.63, 3.8) is 0 Å². The van der Waals surface area contributed by atoms with Crippen molar-refractivity contribution in [3.8, 4) is 0 Å². The normalized spacial score (nSPS) is 18.2. The van der Waals surface area contributed by atoms with Crippen molar-refractivity contribution < 1.29 is 4.79 Å². The summed E-state index contributed by atoms with van der Waals surface area (Å²) in [5, 5.41) is 2.13. The Hall–Kier alpha value is -1.61. The number of carbonyl (C=O) groups is 1. The molecule has 1 amide bonds. The zero-order valence-corrected chi connectivity index (χ0v) is 11.8. The number of rotatable bonds is 2. The van der Waals surface area contributed by atoms with E-state index < -0.39 is 0 Å². The maximum atomic E-state index is 12.4. The zero-order chi connectivity index (χ0) is 13.2. The fourth-order valence-corrected chi connectivity index (χ4v) is 3.68. The molecule has 0 saturated carbocycles. The number of carbonyl (C=O) groups excluding carboxylic acids is 1. The summed E-state index contributed by atoms with van der Waals surface area (Å²) in [6, 6.07) is 12.4. The predicted molar refractivity (Wildman–Crippen MR) is 78.3 cm³/mol. The topological polar surface area (TPSA) is 20.3 Å². The van der Waals surface area contributed by atoms with Gasteiger partial charge >= 0.3 is 0 Å². The Kier molecular flexibility index (Phi) is 3.38. The van der Waals surface area contributed by atoms with Crippen LogP contribution in [-0.2, 0) is 17.6 Å². The first-order valence-corrected chi connectivity index (χ1v) is 7.53. The number of hydrogen-bond donors (Lipinski definition) is 0. The minimum Gasteiger partial charge on any atom is -0.335 e. The van der Waals surface area contributed by atoms with E-state index in [0.717, 1.165) is 18.5 Å². The van der Waals surface area contributed by atoms with Gasteiger partial charge in [-0.3, -0.25) is 4.79 Å². The highest BCUT2D eigenvalue weighted by Crippen LogP contribution is 2.33. The maximum absolute atomic E-state index is 12.4. The molecule has 98 valence electrons. The number of amides is 1. The lowest BCUT2D eigenvalue weighted by atomic mass is 10.0. The minimum atomic E-state index is 0.214. The fourth-order valence-electron chi connectivity index (χ4n) is 2.72. The second kappa shape index (κ2) is 5.17. The van der Waals surface area contributed by atoms with Gasteiger partial charge in [0.15, 0.2) is 0 Å². The lowest BCUT2D eigenvalue weighted by Gasteiger charge is -2.33. The van der Waals surface area contributed by atoms with E-state index in [2.05, 4.69) is 18.4 Å². The SMILES string of the molecule is CC1c2ccsc2CCN1C(=O)Cc1ccccc1. The molecule has 1 aliphatic heterocycles. The van der Waals surface area contributed by atoms with Gasteiger partial charge in [-0.25, -0.2) is 0 Å². The molecule has 3 heteroatoms. The number of hydrogen-bond acceptors (Lipinski definition) is 2. The number of benzene rings is 1. The first-order valence-electron chi connectivity index (χ1n) is 6.65. The van der Waals surface area contributed by atoms with Crippen LogP contribution >= 0.6 is 11.3 Å². The molecule has 19 heavy (non-hydrogen) atoms. The van der Waals surface area contributed by atoms with Gasteiger partial charge in [0, 0.05) is 11.4 Å². The zero-order valence-electron chi connectivity index (χ0n) is 11.0. The molecular formula is C16H17NOS. The van der Waals surface area contributed by atoms with Crippen LogP contribution < -0.4 is 0 Å². The van der Waals surface area contributed by atoms with Crippen LogP contribution in [0.25, 0.3) is 0 Å². The minimum absolute atomic E-state index is 0.214. The summed E-state index contributed by atoms with van der Waals surface area (Å²) in [7, 11) is 0. The first kappa shape index (κ1) is 12.4. The molecule has 0 spiro atoms. The van der Waals surface area contributed by atoms with Crippen molar-refractivity contribution in [1.82, 2.24) is 4.90 Å². The quantitative estimate of drug-likeness (QED) is 0.819. The van der Waals surface area contributed by atoms with Crippen molar-refractivity contribution >= 4 is 17.2 Å². The largest absolute Gasteiger partial charge is 0.335 e. The summed E-state index contributed by atoms with van der Waals surface area (Å²) in [6.07, 6.45) is 1.50. The molecule has 0 saturated heterocycles. The molecular weight excluding hydrogens is 254 g/mol. The Morgan fingerprint density at radius 1 is 1.32 bits per heavy atom. The highest BCUT2D eigenvalue weighted by Gasteiger charge is 2.27. The Labute approximate surface area is 117 Å². The Balaban J connectivity index is 1.75. The fraction of sp³-hybridized carbons (Fsp3) is 0.312. The van der Waals surface area contributed by atoms with Gasteiger partial charge in [-0.05, 0) is 35.9 Å². The highest BCUT2D eigenvalue weighted by atomic mass is 32.1. The van der Waals surface area contributed by atoms with E-state index in [0.29, 0.717) is 6.42 Å². The molecule has 2 heterocycles. The third-order valence-electron chi connectivity index (χ3n) is 3.80. The van der Waals surface area contributed by atoms with Crippen LogP contribution in [0.1, 0.15) is 29.0 Å². The highest BCUT2D eigenvalue weighted by molar-refractivity contribution is 7.10. The second-order valence-electron chi connectivity index (χ2n) is 4.97. The summed E-state index contributed by atoms with van der Waals surface area (Å²) >= 11 is 1.81. The summed E-state index contributed by atoms with van der Waals surface area (Å²) in [5.41, 5.74) is 2.42. The van der Waals surface area contributed by atoms with Gasteiger partial charge in [-0.2, -0.15) is 0 Å².